The first-order chi connectivity index (χ1) is 6.39. The fraction of sp³-hybridized carbons (Fsp3) is 0.714. The van der Waals surface area contributed by atoms with E-state index in [0.29, 0.717) is 12.8 Å². The molecule has 0 aliphatic carbocycles. The van der Waals surface area contributed by atoms with Gasteiger partial charge in [-0.2, -0.15) is 13.2 Å². The SMILES string of the molecule is O=C1CCCN(OC(=O)C(F)(F)F)C1. The second-order valence-corrected chi connectivity index (χ2v) is 2.88. The zero-order valence-electron chi connectivity index (χ0n) is 7.13. The molecule has 0 saturated carbocycles. The number of halogens is 3. The van der Waals surface area contributed by atoms with Gasteiger partial charge in [-0.25, -0.2) is 4.79 Å². The summed E-state index contributed by atoms with van der Waals surface area (Å²) in [6.07, 6.45) is -4.29. The molecule has 14 heavy (non-hydrogen) atoms. The summed E-state index contributed by atoms with van der Waals surface area (Å²) in [7, 11) is 0. The predicted molar refractivity (Wildman–Crippen MR) is 38.0 cm³/mol. The summed E-state index contributed by atoms with van der Waals surface area (Å²) in [6, 6.07) is 0. The number of rotatable bonds is 1. The Labute approximate surface area is 77.6 Å². The number of hydrogen-bond acceptors (Lipinski definition) is 4. The first-order valence-electron chi connectivity index (χ1n) is 3.95. The summed E-state index contributed by atoms with van der Waals surface area (Å²) in [4.78, 5) is 25.1. The summed E-state index contributed by atoms with van der Waals surface area (Å²) in [5.74, 6) is -2.52. The second kappa shape index (κ2) is 3.95. The smallest absolute Gasteiger partial charge is 0.360 e. The van der Waals surface area contributed by atoms with E-state index in [1.54, 1.807) is 0 Å². The quantitative estimate of drug-likeness (QED) is 0.639. The van der Waals surface area contributed by atoms with E-state index in [4.69, 9.17) is 0 Å². The van der Waals surface area contributed by atoms with Crippen LogP contribution in [0.15, 0.2) is 0 Å². The minimum Gasteiger partial charge on any atom is -0.360 e. The van der Waals surface area contributed by atoms with Crippen molar-refractivity contribution in [1.29, 1.82) is 0 Å². The Bertz CT molecular complexity index is 251. The number of piperidine rings is 1. The number of hydroxylamine groups is 2. The Morgan fingerprint density at radius 3 is 2.57 bits per heavy atom. The van der Waals surface area contributed by atoms with Crippen LogP contribution in [0.25, 0.3) is 0 Å². The molecule has 0 amide bonds. The summed E-state index contributed by atoms with van der Waals surface area (Å²) in [5.41, 5.74) is 0. The van der Waals surface area contributed by atoms with Crippen molar-refractivity contribution in [2.75, 3.05) is 13.1 Å². The Hall–Kier alpha value is -1.11. The highest BCUT2D eigenvalue weighted by atomic mass is 19.4. The van der Waals surface area contributed by atoms with Crippen LogP contribution >= 0.6 is 0 Å². The number of carbonyl (C=O) groups is 2. The first kappa shape index (κ1) is 11.0. The number of Topliss-reactive ketones (excluding diaryl/α,β-unsaturated/α-hetero) is 1. The third-order valence-electron chi connectivity index (χ3n) is 1.66. The van der Waals surface area contributed by atoms with Gasteiger partial charge in [0.2, 0.25) is 0 Å². The standard InChI is InChI=1S/C7H8F3NO3/c8-7(9,10)6(13)14-11-3-1-2-5(12)4-11/h1-4H2. The van der Waals surface area contributed by atoms with Crippen molar-refractivity contribution < 1.29 is 27.6 Å². The zero-order valence-corrected chi connectivity index (χ0v) is 7.13. The molecule has 0 N–H and O–H groups in total. The van der Waals surface area contributed by atoms with E-state index in [0.717, 1.165) is 5.06 Å². The number of hydrogen-bond donors (Lipinski definition) is 0. The lowest BCUT2D eigenvalue weighted by Crippen LogP contribution is -2.40. The van der Waals surface area contributed by atoms with Crippen molar-refractivity contribution in [3.05, 3.63) is 0 Å². The van der Waals surface area contributed by atoms with E-state index in [9.17, 15) is 22.8 Å². The molecule has 1 fully saturated rings. The molecule has 0 aromatic rings. The van der Waals surface area contributed by atoms with E-state index in [-0.39, 0.29) is 18.9 Å². The zero-order chi connectivity index (χ0) is 10.8. The van der Waals surface area contributed by atoms with E-state index < -0.39 is 12.1 Å². The molecule has 4 nitrogen and oxygen atoms in total. The van der Waals surface area contributed by atoms with E-state index in [1.165, 1.54) is 0 Å². The monoisotopic (exact) mass is 211 g/mol. The molecule has 0 radical (unpaired) electrons. The minimum atomic E-state index is -5.01. The van der Waals surface area contributed by atoms with Crippen LogP contribution in [0, 0.1) is 0 Å². The molecule has 80 valence electrons. The van der Waals surface area contributed by atoms with Crippen molar-refractivity contribution in [2.45, 2.75) is 19.0 Å². The normalized spacial score (nSPS) is 19.5. The van der Waals surface area contributed by atoms with Gasteiger partial charge in [0.15, 0.2) is 0 Å². The van der Waals surface area contributed by atoms with Gasteiger partial charge < -0.3 is 4.84 Å². The molecule has 7 heteroatoms. The lowest BCUT2D eigenvalue weighted by Gasteiger charge is -2.24. The summed E-state index contributed by atoms with van der Waals surface area (Å²) in [6.45, 7) is -0.102. The molecule has 0 bridgehead atoms. The molecule has 0 atom stereocenters. The van der Waals surface area contributed by atoms with Gasteiger partial charge in [-0.15, -0.1) is 5.06 Å². The van der Waals surface area contributed by atoms with Gasteiger partial charge in [0.1, 0.15) is 5.78 Å². The summed E-state index contributed by atoms with van der Waals surface area (Å²) in [5, 5.41) is 0.738. The van der Waals surface area contributed by atoms with Crippen LogP contribution in [0.3, 0.4) is 0 Å². The van der Waals surface area contributed by atoms with Crippen molar-refractivity contribution in [2.24, 2.45) is 0 Å². The fourth-order valence-electron chi connectivity index (χ4n) is 1.05. The van der Waals surface area contributed by atoms with Crippen molar-refractivity contribution in [3.63, 3.8) is 0 Å². The van der Waals surface area contributed by atoms with Gasteiger partial charge in [-0.3, -0.25) is 4.79 Å². The maximum absolute atomic E-state index is 11.7. The molecule has 1 rings (SSSR count). The number of alkyl halides is 3. The molecular formula is C7H8F3NO3. The van der Waals surface area contributed by atoms with Crippen LogP contribution in [0.1, 0.15) is 12.8 Å². The molecular weight excluding hydrogens is 203 g/mol. The maximum atomic E-state index is 11.7. The summed E-state index contributed by atoms with van der Waals surface area (Å²) < 4.78 is 35.1. The third kappa shape index (κ3) is 2.99. The Kier molecular flexibility index (Phi) is 3.10. The topological polar surface area (TPSA) is 46.6 Å². The van der Waals surface area contributed by atoms with Crippen LogP contribution in [-0.2, 0) is 14.4 Å². The average Bonchev–Trinajstić information content (AvgIpc) is 2.02. The van der Waals surface area contributed by atoms with E-state index >= 15 is 0 Å². The molecule has 0 aromatic heterocycles. The molecule has 1 aliphatic rings. The van der Waals surface area contributed by atoms with E-state index in [1.807, 2.05) is 0 Å². The molecule has 0 aromatic carbocycles. The molecule has 1 aliphatic heterocycles. The van der Waals surface area contributed by atoms with Crippen LogP contribution in [0.5, 0.6) is 0 Å². The highest BCUT2D eigenvalue weighted by molar-refractivity contribution is 5.81. The predicted octanol–water partition coefficient (Wildman–Crippen LogP) is 0.672. The molecule has 0 unspecified atom stereocenters. The molecule has 0 spiro atoms. The maximum Gasteiger partial charge on any atom is 0.492 e. The van der Waals surface area contributed by atoms with Gasteiger partial charge >= 0.3 is 12.1 Å². The number of ketones is 1. The number of carbonyl (C=O) groups excluding carboxylic acids is 2. The van der Waals surface area contributed by atoms with Crippen molar-refractivity contribution in [3.8, 4) is 0 Å². The molecule has 1 saturated heterocycles. The van der Waals surface area contributed by atoms with Crippen LogP contribution in [0.4, 0.5) is 13.2 Å². The van der Waals surface area contributed by atoms with Gasteiger partial charge in [-0.05, 0) is 6.42 Å². The Balaban J connectivity index is 2.44. The van der Waals surface area contributed by atoms with Crippen LogP contribution < -0.4 is 0 Å². The summed E-state index contributed by atoms with van der Waals surface area (Å²) >= 11 is 0. The van der Waals surface area contributed by atoms with Crippen LogP contribution in [-0.4, -0.2) is 36.1 Å². The largest absolute Gasteiger partial charge is 0.492 e. The van der Waals surface area contributed by atoms with Gasteiger partial charge in [-0.1, -0.05) is 0 Å². The van der Waals surface area contributed by atoms with Crippen LogP contribution in [0.2, 0.25) is 0 Å². The number of nitrogens with zero attached hydrogens (tertiary/aromatic N) is 1. The fourth-order valence-corrected chi connectivity index (χ4v) is 1.05. The van der Waals surface area contributed by atoms with Crippen molar-refractivity contribution in [1.82, 2.24) is 5.06 Å². The van der Waals surface area contributed by atoms with Crippen molar-refractivity contribution >= 4 is 11.8 Å². The average molecular weight is 211 g/mol. The van der Waals surface area contributed by atoms with E-state index in [2.05, 4.69) is 4.84 Å². The lowest BCUT2D eigenvalue weighted by atomic mass is 10.1. The lowest BCUT2D eigenvalue weighted by molar-refractivity contribution is -0.239. The highest BCUT2D eigenvalue weighted by Gasteiger charge is 2.42. The van der Waals surface area contributed by atoms with Gasteiger partial charge in [0.05, 0.1) is 6.54 Å². The first-order valence-corrected chi connectivity index (χ1v) is 3.95. The van der Waals surface area contributed by atoms with Gasteiger partial charge in [0.25, 0.3) is 0 Å². The second-order valence-electron chi connectivity index (χ2n) is 2.88. The molecule has 1 heterocycles. The Morgan fingerprint density at radius 2 is 2.07 bits per heavy atom. The Morgan fingerprint density at radius 1 is 1.43 bits per heavy atom. The van der Waals surface area contributed by atoms with Gasteiger partial charge in [0, 0.05) is 13.0 Å². The minimum absolute atomic E-state index is 0.160. The third-order valence-corrected chi connectivity index (χ3v) is 1.66. The highest BCUT2D eigenvalue weighted by Crippen LogP contribution is 2.18.